The number of nitrogens with two attached hydrogens (primary N) is 1. The van der Waals surface area contributed by atoms with E-state index in [0.29, 0.717) is 6.54 Å². The standard InChI is InChI=1S/C8H13N3O2/c1-6(7(9)12)5-11-4-3-10(2)8(11)13/h3-4,6H,5H2,1-2H3,(H2,9,12). The van der Waals surface area contributed by atoms with E-state index in [1.54, 1.807) is 26.4 Å². The summed E-state index contributed by atoms with van der Waals surface area (Å²) < 4.78 is 2.92. The lowest BCUT2D eigenvalue weighted by Crippen LogP contribution is -2.30. The molecule has 1 atom stereocenters. The predicted molar refractivity (Wildman–Crippen MR) is 48.0 cm³/mol. The second-order valence-corrected chi connectivity index (χ2v) is 3.15. The first kappa shape index (κ1) is 9.57. The fraction of sp³-hybridized carbons (Fsp3) is 0.500. The molecule has 0 bridgehead atoms. The van der Waals surface area contributed by atoms with Crippen LogP contribution in [0.25, 0.3) is 0 Å². The number of amides is 1. The summed E-state index contributed by atoms with van der Waals surface area (Å²) in [5, 5.41) is 0. The lowest BCUT2D eigenvalue weighted by molar-refractivity contribution is -0.121. The molecule has 13 heavy (non-hydrogen) atoms. The molecule has 5 nitrogen and oxygen atoms in total. The number of rotatable bonds is 3. The number of carbonyl (C=O) groups excluding carboxylic acids is 1. The van der Waals surface area contributed by atoms with E-state index in [9.17, 15) is 9.59 Å². The molecule has 5 heteroatoms. The van der Waals surface area contributed by atoms with Crippen LogP contribution in [0.3, 0.4) is 0 Å². The molecule has 2 N–H and O–H groups in total. The summed E-state index contributed by atoms with van der Waals surface area (Å²) in [6.45, 7) is 2.04. The minimum atomic E-state index is -0.393. The van der Waals surface area contributed by atoms with Crippen molar-refractivity contribution in [3.05, 3.63) is 22.9 Å². The first-order chi connectivity index (χ1) is 6.02. The third-order valence-electron chi connectivity index (χ3n) is 1.97. The molecule has 0 fully saturated rings. The average Bonchev–Trinajstić information content (AvgIpc) is 2.36. The largest absolute Gasteiger partial charge is 0.369 e. The van der Waals surface area contributed by atoms with Crippen LogP contribution in [0.15, 0.2) is 17.2 Å². The van der Waals surface area contributed by atoms with Crippen LogP contribution in [0.5, 0.6) is 0 Å². The Morgan fingerprint density at radius 2 is 2.23 bits per heavy atom. The van der Waals surface area contributed by atoms with E-state index in [2.05, 4.69) is 0 Å². The molecule has 0 aliphatic heterocycles. The molecule has 0 spiro atoms. The summed E-state index contributed by atoms with van der Waals surface area (Å²) in [6.07, 6.45) is 3.29. The molecule has 72 valence electrons. The van der Waals surface area contributed by atoms with Crippen LogP contribution in [0.4, 0.5) is 0 Å². The van der Waals surface area contributed by atoms with Gasteiger partial charge in [-0.05, 0) is 0 Å². The number of aromatic nitrogens is 2. The zero-order valence-electron chi connectivity index (χ0n) is 7.73. The van der Waals surface area contributed by atoms with Gasteiger partial charge in [0.2, 0.25) is 5.91 Å². The lowest BCUT2D eigenvalue weighted by Gasteiger charge is -2.06. The number of primary amides is 1. The van der Waals surface area contributed by atoms with Crippen molar-refractivity contribution in [1.82, 2.24) is 9.13 Å². The molecule has 1 rings (SSSR count). The number of aryl methyl sites for hydroxylation is 1. The summed E-state index contributed by atoms with van der Waals surface area (Å²) in [4.78, 5) is 22.0. The molecular formula is C8H13N3O2. The van der Waals surface area contributed by atoms with Gasteiger partial charge in [0.05, 0.1) is 5.92 Å². The third kappa shape index (κ3) is 1.99. The highest BCUT2D eigenvalue weighted by Crippen LogP contribution is 1.96. The number of hydrogen-bond acceptors (Lipinski definition) is 2. The molecule has 0 aliphatic carbocycles. The maximum atomic E-state index is 11.3. The van der Waals surface area contributed by atoms with Crippen LogP contribution in [-0.2, 0) is 18.4 Å². The zero-order chi connectivity index (χ0) is 10.0. The van der Waals surface area contributed by atoms with Crippen LogP contribution >= 0.6 is 0 Å². The molecule has 0 saturated heterocycles. The summed E-state index contributed by atoms with van der Waals surface area (Å²) in [5.74, 6) is -0.712. The van der Waals surface area contributed by atoms with Crippen molar-refractivity contribution in [2.45, 2.75) is 13.5 Å². The van der Waals surface area contributed by atoms with Gasteiger partial charge in [0.15, 0.2) is 0 Å². The molecule has 0 radical (unpaired) electrons. The lowest BCUT2D eigenvalue weighted by atomic mass is 10.2. The Morgan fingerprint density at radius 3 is 2.62 bits per heavy atom. The van der Waals surface area contributed by atoms with Crippen molar-refractivity contribution in [3.63, 3.8) is 0 Å². The monoisotopic (exact) mass is 183 g/mol. The van der Waals surface area contributed by atoms with Gasteiger partial charge in [-0.1, -0.05) is 6.92 Å². The van der Waals surface area contributed by atoms with Crippen molar-refractivity contribution >= 4 is 5.91 Å². The van der Waals surface area contributed by atoms with Crippen LogP contribution < -0.4 is 11.4 Å². The second-order valence-electron chi connectivity index (χ2n) is 3.15. The molecular weight excluding hydrogens is 170 g/mol. The molecule has 1 aromatic rings. The number of hydrogen-bond donors (Lipinski definition) is 1. The number of carbonyl (C=O) groups is 1. The third-order valence-corrected chi connectivity index (χ3v) is 1.97. The highest BCUT2D eigenvalue weighted by molar-refractivity contribution is 5.76. The van der Waals surface area contributed by atoms with Crippen molar-refractivity contribution in [1.29, 1.82) is 0 Å². The number of nitrogens with zero attached hydrogens (tertiary/aromatic N) is 2. The Labute approximate surface area is 75.8 Å². The smallest absolute Gasteiger partial charge is 0.327 e. The first-order valence-electron chi connectivity index (χ1n) is 4.03. The molecule has 1 unspecified atom stereocenters. The van der Waals surface area contributed by atoms with Gasteiger partial charge in [-0.2, -0.15) is 0 Å². The van der Waals surface area contributed by atoms with Gasteiger partial charge < -0.3 is 10.3 Å². The van der Waals surface area contributed by atoms with Gasteiger partial charge in [-0.3, -0.25) is 9.36 Å². The highest BCUT2D eigenvalue weighted by atomic mass is 16.2. The van der Waals surface area contributed by atoms with Crippen LogP contribution in [0.1, 0.15) is 6.92 Å². The molecule has 1 aromatic heterocycles. The second kappa shape index (κ2) is 3.47. The summed E-state index contributed by atoms with van der Waals surface area (Å²) in [6, 6.07) is 0. The topological polar surface area (TPSA) is 70.0 Å². The van der Waals surface area contributed by atoms with Gasteiger partial charge in [0.25, 0.3) is 0 Å². The average molecular weight is 183 g/mol. The summed E-state index contributed by atoms with van der Waals surface area (Å²) >= 11 is 0. The van der Waals surface area contributed by atoms with Gasteiger partial charge in [0, 0.05) is 26.0 Å². The van der Waals surface area contributed by atoms with Crippen molar-refractivity contribution in [3.8, 4) is 0 Å². The van der Waals surface area contributed by atoms with Gasteiger partial charge in [-0.15, -0.1) is 0 Å². The van der Waals surface area contributed by atoms with E-state index in [1.165, 1.54) is 9.13 Å². The van der Waals surface area contributed by atoms with Crippen LogP contribution in [0, 0.1) is 5.92 Å². The van der Waals surface area contributed by atoms with Crippen molar-refractivity contribution < 1.29 is 4.79 Å². The quantitative estimate of drug-likeness (QED) is 0.673. The van der Waals surface area contributed by atoms with E-state index < -0.39 is 5.91 Å². The fourth-order valence-corrected chi connectivity index (χ4v) is 1.03. The molecule has 0 aromatic carbocycles. The Bertz CT molecular complexity index is 364. The van der Waals surface area contributed by atoms with E-state index in [-0.39, 0.29) is 11.6 Å². The minimum Gasteiger partial charge on any atom is -0.369 e. The Morgan fingerprint density at radius 1 is 1.62 bits per heavy atom. The Kier molecular flexibility index (Phi) is 2.55. The van der Waals surface area contributed by atoms with Crippen molar-refractivity contribution in [2.75, 3.05) is 0 Å². The van der Waals surface area contributed by atoms with Gasteiger partial charge >= 0.3 is 5.69 Å². The zero-order valence-corrected chi connectivity index (χ0v) is 7.73. The Hall–Kier alpha value is -1.52. The van der Waals surface area contributed by atoms with E-state index in [1.807, 2.05) is 0 Å². The fourth-order valence-electron chi connectivity index (χ4n) is 1.03. The molecule has 1 amide bonds. The Balaban J connectivity index is 2.81. The van der Waals surface area contributed by atoms with Gasteiger partial charge in [0.1, 0.15) is 0 Å². The molecule has 0 aliphatic rings. The number of imidazole rings is 1. The molecule has 1 heterocycles. The van der Waals surface area contributed by atoms with Crippen LogP contribution in [-0.4, -0.2) is 15.0 Å². The maximum absolute atomic E-state index is 11.3. The van der Waals surface area contributed by atoms with Crippen LogP contribution in [0.2, 0.25) is 0 Å². The summed E-state index contributed by atoms with van der Waals surface area (Å²) in [5.41, 5.74) is 4.95. The minimum absolute atomic E-state index is 0.131. The van der Waals surface area contributed by atoms with Gasteiger partial charge in [-0.25, -0.2) is 4.79 Å². The first-order valence-corrected chi connectivity index (χ1v) is 4.03. The SMILES string of the molecule is CC(Cn1ccn(C)c1=O)C(N)=O. The van der Waals surface area contributed by atoms with Crippen molar-refractivity contribution in [2.24, 2.45) is 18.7 Å². The summed E-state index contributed by atoms with van der Waals surface area (Å²) in [7, 11) is 1.66. The normalized spacial score (nSPS) is 12.8. The molecule has 0 saturated carbocycles. The van der Waals surface area contributed by atoms with E-state index >= 15 is 0 Å². The highest BCUT2D eigenvalue weighted by Gasteiger charge is 2.10. The van der Waals surface area contributed by atoms with E-state index in [0.717, 1.165) is 0 Å². The predicted octanol–water partition coefficient (Wildman–Crippen LogP) is -0.692. The maximum Gasteiger partial charge on any atom is 0.327 e. The van der Waals surface area contributed by atoms with E-state index in [4.69, 9.17) is 5.73 Å².